The van der Waals surface area contributed by atoms with Gasteiger partial charge in [0.1, 0.15) is 5.82 Å². The van der Waals surface area contributed by atoms with Crippen LogP contribution in [0.2, 0.25) is 0 Å². The van der Waals surface area contributed by atoms with Crippen molar-refractivity contribution in [3.8, 4) is 0 Å². The molecule has 0 radical (unpaired) electrons. The molecule has 0 amide bonds. The number of hydrogen-bond donors (Lipinski definition) is 1. The van der Waals surface area contributed by atoms with Gasteiger partial charge in [0.05, 0.1) is 4.47 Å². The van der Waals surface area contributed by atoms with Crippen molar-refractivity contribution in [3.63, 3.8) is 0 Å². The molecule has 21 heavy (non-hydrogen) atoms. The zero-order valence-corrected chi connectivity index (χ0v) is 13.5. The lowest BCUT2D eigenvalue weighted by atomic mass is 10.1. The summed E-state index contributed by atoms with van der Waals surface area (Å²) >= 11 is 3.24. The Morgan fingerprint density at radius 1 is 1.00 bits per heavy atom. The first-order chi connectivity index (χ1) is 10.2. The first-order valence-electron chi connectivity index (χ1n) is 7.09. The molecule has 0 unspecified atom stereocenters. The van der Waals surface area contributed by atoms with Gasteiger partial charge in [-0.25, -0.2) is 4.39 Å². The summed E-state index contributed by atoms with van der Waals surface area (Å²) in [6.07, 6.45) is 0.954. The number of rotatable bonds is 7. The van der Waals surface area contributed by atoms with Crippen LogP contribution in [-0.2, 0) is 13.1 Å². The van der Waals surface area contributed by atoms with Crippen LogP contribution in [0.1, 0.15) is 17.5 Å². The molecule has 4 heteroatoms. The molecule has 2 nitrogen and oxygen atoms in total. The number of hydrogen-bond acceptors (Lipinski definition) is 2. The molecule has 0 aromatic heterocycles. The van der Waals surface area contributed by atoms with Gasteiger partial charge < -0.3 is 5.73 Å². The fourth-order valence-electron chi connectivity index (χ4n) is 2.27. The van der Waals surface area contributed by atoms with Crippen LogP contribution < -0.4 is 5.73 Å². The van der Waals surface area contributed by atoms with Crippen LogP contribution in [-0.4, -0.2) is 18.0 Å². The van der Waals surface area contributed by atoms with E-state index < -0.39 is 0 Å². The maximum Gasteiger partial charge on any atom is 0.137 e. The van der Waals surface area contributed by atoms with E-state index in [1.165, 1.54) is 11.6 Å². The quantitative estimate of drug-likeness (QED) is 0.819. The van der Waals surface area contributed by atoms with Gasteiger partial charge in [-0.15, -0.1) is 0 Å². The molecule has 2 aromatic carbocycles. The standard InChI is InChI=1S/C17H20BrFN2/c18-16-11-15(7-8-17(16)19)13-21(10-4-9-20)12-14-5-2-1-3-6-14/h1-3,5-8,11H,4,9-10,12-13,20H2. The van der Waals surface area contributed by atoms with Gasteiger partial charge in [-0.3, -0.25) is 4.90 Å². The normalized spacial score (nSPS) is 11.0. The maximum absolute atomic E-state index is 13.3. The molecule has 0 aliphatic heterocycles. The van der Waals surface area contributed by atoms with E-state index in [0.717, 1.165) is 31.6 Å². The second kappa shape index (κ2) is 8.27. The second-order valence-corrected chi connectivity index (χ2v) is 5.94. The van der Waals surface area contributed by atoms with E-state index in [9.17, 15) is 4.39 Å². The SMILES string of the molecule is NCCCN(Cc1ccccc1)Cc1ccc(F)c(Br)c1. The van der Waals surface area contributed by atoms with Crippen molar-refractivity contribution in [3.05, 3.63) is 69.9 Å². The average Bonchev–Trinajstić information content (AvgIpc) is 2.49. The zero-order chi connectivity index (χ0) is 15.1. The van der Waals surface area contributed by atoms with Crippen LogP contribution in [0.15, 0.2) is 53.0 Å². The number of halogens is 2. The highest BCUT2D eigenvalue weighted by Crippen LogP contribution is 2.19. The first kappa shape index (κ1) is 16.1. The van der Waals surface area contributed by atoms with E-state index in [1.54, 1.807) is 0 Å². The molecule has 0 heterocycles. The fraction of sp³-hybridized carbons (Fsp3) is 0.294. The minimum Gasteiger partial charge on any atom is -0.330 e. The molecule has 0 saturated heterocycles. The lowest BCUT2D eigenvalue weighted by molar-refractivity contribution is 0.255. The van der Waals surface area contributed by atoms with Gasteiger partial charge in [0.2, 0.25) is 0 Å². The molecule has 0 saturated carbocycles. The Morgan fingerprint density at radius 3 is 2.38 bits per heavy atom. The molecular formula is C17H20BrFN2. The van der Waals surface area contributed by atoms with Crippen molar-refractivity contribution in [1.29, 1.82) is 0 Å². The summed E-state index contributed by atoms with van der Waals surface area (Å²) in [5.41, 5.74) is 7.99. The zero-order valence-electron chi connectivity index (χ0n) is 11.9. The predicted molar refractivity (Wildman–Crippen MR) is 88.3 cm³/mol. The Kier molecular flexibility index (Phi) is 6.36. The molecule has 0 aliphatic rings. The van der Waals surface area contributed by atoms with Gasteiger partial charge >= 0.3 is 0 Å². The Labute approximate surface area is 133 Å². The van der Waals surface area contributed by atoms with Gasteiger partial charge in [0.25, 0.3) is 0 Å². The maximum atomic E-state index is 13.3. The predicted octanol–water partition coefficient (Wildman–Crippen LogP) is 3.94. The van der Waals surface area contributed by atoms with Crippen LogP contribution >= 0.6 is 15.9 Å². The lowest BCUT2D eigenvalue weighted by Crippen LogP contribution is -2.25. The van der Waals surface area contributed by atoms with Crippen LogP contribution in [0.5, 0.6) is 0 Å². The number of benzene rings is 2. The van der Waals surface area contributed by atoms with Crippen LogP contribution in [0.25, 0.3) is 0 Å². The Hall–Kier alpha value is -1.23. The molecule has 2 N–H and O–H groups in total. The molecular weight excluding hydrogens is 331 g/mol. The molecule has 0 bridgehead atoms. The Bertz CT molecular complexity index is 560. The van der Waals surface area contributed by atoms with Gasteiger partial charge in [-0.1, -0.05) is 36.4 Å². The van der Waals surface area contributed by atoms with Crippen molar-refractivity contribution in [2.24, 2.45) is 5.73 Å². The fourth-order valence-corrected chi connectivity index (χ4v) is 2.69. The van der Waals surface area contributed by atoms with E-state index in [2.05, 4.69) is 33.0 Å². The first-order valence-corrected chi connectivity index (χ1v) is 7.88. The third-order valence-electron chi connectivity index (χ3n) is 3.32. The van der Waals surface area contributed by atoms with Gasteiger partial charge in [0, 0.05) is 19.6 Å². The van der Waals surface area contributed by atoms with E-state index in [0.29, 0.717) is 11.0 Å². The summed E-state index contributed by atoms with van der Waals surface area (Å²) < 4.78 is 13.8. The Balaban J connectivity index is 2.06. The molecule has 0 fully saturated rings. The van der Waals surface area contributed by atoms with Crippen molar-refractivity contribution < 1.29 is 4.39 Å². The van der Waals surface area contributed by atoms with Crippen LogP contribution in [0.3, 0.4) is 0 Å². The molecule has 0 atom stereocenters. The topological polar surface area (TPSA) is 29.3 Å². The summed E-state index contributed by atoms with van der Waals surface area (Å²) in [6, 6.07) is 15.5. The van der Waals surface area contributed by atoms with E-state index in [4.69, 9.17) is 5.73 Å². The Morgan fingerprint density at radius 2 is 1.71 bits per heavy atom. The third kappa shape index (κ3) is 5.23. The summed E-state index contributed by atoms with van der Waals surface area (Å²) in [4.78, 5) is 2.34. The van der Waals surface area contributed by atoms with E-state index in [1.807, 2.05) is 30.3 Å². The highest BCUT2D eigenvalue weighted by atomic mass is 79.9. The molecule has 2 aromatic rings. The lowest BCUT2D eigenvalue weighted by Gasteiger charge is -2.22. The average molecular weight is 351 g/mol. The van der Waals surface area contributed by atoms with E-state index >= 15 is 0 Å². The van der Waals surface area contributed by atoms with Crippen molar-refractivity contribution in [1.82, 2.24) is 4.90 Å². The summed E-state index contributed by atoms with van der Waals surface area (Å²) in [6.45, 7) is 3.27. The third-order valence-corrected chi connectivity index (χ3v) is 3.93. The summed E-state index contributed by atoms with van der Waals surface area (Å²) in [7, 11) is 0. The molecule has 0 aliphatic carbocycles. The molecule has 112 valence electrons. The van der Waals surface area contributed by atoms with Crippen molar-refractivity contribution in [2.75, 3.05) is 13.1 Å². The smallest absolute Gasteiger partial charge is 0.137 e. The van der Waals surface area contributed by atoms with E-state index in [-0.39, 0.29) is 5.82 Å². The summed E-state index contributed by atoms with van der Waals surface area (Å²) in [5, 5.41) is 0. The second-order valence-electron chi connectivity index (χ2n) is 5.09. The monoisotopic (exact) mass is 350 g/mol. The minimum absolute atomic E-state index is 0.227. The number of nitrogens with two attached hydrogens (primary N) is 1. The van der Waals surface area contributed by atoms with Gasteiger partial charge in [-0.2, -0.15) is 0 Å². The number of nitrogens with zero attached hydrogens (tertiary/aromatic N) is 1. The minimum atomic E-state index is -0.227. The van der Waals surface area contributed by atoms with Gasteiger partial charge in [0.15, 0.2) is 0 Å². The highest BCUT2D eigenvalue weighted by Gasteiger charge is 2.08. The van der Waals surface area contributed by atoms with Gasteiger partial charge in [-0.05, 0) is 52.2 Å². The van der Waals surface area contributed by atoms with Crippen LogP contribution in [0, 0.1) is 5.82 Å². The van der Waals surface area contributed by atoms with Crippen LogP contribution in [0.4, 0.5) is 4.39 Å². The summed E-state index contributed by atoms with van der Waals surface area (Å²) in [5.74, 6) is -0.227. The molecule has 2 rings (SSSR count). The molecule has 0 spiro atoms. The van der Waals surface area contributed by atoms with Crippen molar-refractivity contribution >= 4 is 15.9 Å². The largest absolute Gasteiger partial charge is 0.330 e. The van der Waals surface area contributed by atoms with Crippen molar-refractivity contribution in [2.45, 2.75) is 19.5 Å². The highest BCUT2D eigenvalue weighted by molar-refractivity contribution is 9.10.